The highest BCUT2D eigenvalue weighted by atomic mass is 35.5. The number of phenolic OH excluding ortho intramolecular Hbond substituents is 1. The molecule has 1 aliphatic rings. The van der Waals surface area contributed by atoms with E-state index in [2.05, 4.69) is 9.88 Å². The predicted molar refractivity (Wildman–Crippen MR) is 102 cm³/mol. The normalized spacial score (nSPS) is 13.5. The summed E-state index contributed by atoms with van der Waals surface area (Å²) in [5, 5.41) is 10.7. The molecule has 0 atom stereocenters. The highest BCUT2D eigenvalue weighted by Crippen LogP contribution is 2.35. The van der Waals surface area contributed by atoms with Crippen LogP contribution < -0.4 is 4.90 Å². The SMILES string of the molecule is Oc1ccc(Cc2ccc(N3CCC3)nc2)c(F)c1-c1cccc(Cl)c1. The van der Waals surface area contributed by atoms with E-state index in [0.717, 1.165) is 24.5 Å². The number of pyridine rings is 1. The summed E-state index contributed by atoms with van der Waals surface area (Å²) in [5.74, 6) is 0.435. The summed E-state index contributed by atoms with van der Waals surface area (Å²) in [4.78, 5) is 6.68. The van der Waals surface area contributed by atoms with Crippen molar-refractivity contribution in [3.63, 3.8) is 0 Å². The maximum atomic E-state index is 15.1. The monoisotopic (exact) mass is 368 g/mol. The van der Waals surface area contributed by atoms with E-state index in [4.69, 9.17) is 11.6 Å². The van der Waals surface area contributed by atoms with Crippen LogP contribution in [-0.4, -0.2) is 23.2 Å². The van der Waals surface area contributed by atoms with Gasteiger partial charge in [0.25, 0.3) is 0 Å². The predicted octanol–water partition coefficient (Wildman–Crippen LogP) is 5.05. The average molecular weight is 369 g/mol. The fourth-order valence-corrected chi connectivity index (χ4v) is 3.33. The molecule has 1 aromatic heterocycles. The van der Waals surface area contributed by atoms with Gasteiger partial charge in [0.1, 0.15) is 17.4 Å². The number of hydrogen-bond acceptors (Lipinski definition) is 3. The topological polar surface area (TPSA) is 36.4 Å². The smallest absolute Gasteiger partial charge is 0.138 e. The molecule has 1 fully saturated rings. The van der Waals surface area contributed by atoms with Crippen molar-refractivity contribution in [3.05, 3.63) is 76.7 Å². The van der Waals surface area contributed by atoms with Crippen LogP contribution in [0.3, 0.4) is 0 Å². The lowest BCUT2D eigenvalue weighted by Crippen LogP contribution is -2.37. The van der Waals surface area contributed by atoms with Crippen molar-refractivity contribution in [2.75, 3.05) is 18.0 Å². The van der Waals surface area contributed by atoms with Crippen molar-refractivity contribution in [2.45, 2.75) is 12.8 Å². The number of nitrogens with zero attached hydrogens (tertiary/aromatic N) is 2. The number of aromatic hydroxyl groups is 1. The first-order valence-corrected chi connectivity index (χ1v) is 8.96. The second-order valence-electron chi connectivity index (χ2n) is 6.49. The van der Waals surface area contributed by atoms with Gasteiger partial charge in [0, 0.05) is 30.7 Å². The molecule has 1 N–H and O–H groups in total. The third-order valence-electron chi connectivity index (χ3n) is 4.70. The van der Waals surface area contributed by atoms with Gasteiger partial charge in [-0.2, -0.15) is 0 Å². The molecule has 0 spiro atoms. The van der Waals surface area contributed by atoms with Gasteiger partial charge in [-0.1, -0.05) is 35.9 Å². The highest BCUT2D eigenvalue weighted by Gasteiger charge is 2.17. The Balaban J connectivity index is 1.64. The quantitative estimate of drug-likeness (QED) is 0.700. The second kappa shape index (κ2) is 6.96. The van der Waals surface area contributed by atoms with Crippen molar-refractivity contribution in [1.82, 2.24) is 4.98 Å². The summed E-state index contributed by atoms with van der Waals surface area (Å²) in [6.07, 6.45) is 3.40. The lowest BCUT2D eigenvalue weighted by molar-refractivity contribution is 0.471. The number of halogens is 2. The van der Waals surface area contributed by atoms with Crippen LogP contribution in [0.4, 0.5) is 10.2 Å². The van der Waals surface area contributed by atoms with Gasteiger partial charge in [-0.25, -0.2) is 9.37 Å². The molecular weight excluding hydrogens is 351 g/mol. The molecule has 26 heavy (non-hydrogen) atoms. The van der Waals surface area contributed by atoms with Crippen molar-refractivity contribution in [2.24, 2.45) is 0 Å². The van der Waals surface area contributed by atoms with Crippen molar-refractivity contribution in [3.8, 4) is 16.9 Å². The van der Waals surface area contributed by atoms with Gasteiger partial charge in [-0.15, -0.1) is 0 Å². The fraction of sp³-hybridized carbons (Fsp3) is 0.190. The Hall–Kier alpha value is -2.59. The molecule has 2 heterocycles. The minimum absolute atomic E-state index is 0.0974. The van der Waals surface area contributed by atoms with Gasteiger partial charge in [0.15, 0.2) is 0 Å². The number of anilines is 1. The lowest BCUT2D eigenvalue weighted by atomic mass is 9.97. The van der Waals surface area contributed by atoms with E-state index in [1.165, 1.54) is 12.5 Å². The molecule has 0 amide bonds. The molecule has 4 rings (SSSR count). The first-order chi connectivity index (χ1) is 12.6. The first-order valence-electron chi connectivity index (χ1n) is 8.58. The Kier molecular flexibility index (Phi) is 4.51. The molecule has 0 saturated carbocycles. The van der Waals surface area contributed by atoms with Crippen LogP contribution >= 0.6 is 11.6 Å². The van der Waals surface area contributed by atoms with Gasteiger partial charge < -0.3 is 10.0 Å². The number of benzene rings is 2. The molecule has 2 aromatic carbocycles. The molecule has 5 heteroatoms. The number of hydrogen-bond donors (Lipinski definition) is 1. The Morgan fingerprint density at radius 1 is 1.12 bits per heavy atom. The van der Waals surface area contributed by atoms with E-state index in [1.807, 2.05) is 12.1 Å². The van der Waals surface area contributed by atoms with Gasteiger partial charge in [0.2, 0.25) is 0 Å². The van der Waals surface area contributed by atoms with Gasteiger partial charge in [-0.05, 0) is 47.4 Å². The summed E-state index contributed by atoms with van der Waals surface area (Å²) < 4.78 is 15.1. The number of aromatic nitrogens is 1. The van der Waals surface area contributed by atoms with Crippen LogP contribution in [0.2, 0.25) is 5.02 Å². The molecule has 1 saturated heterocycles. The van der Waals surface area contributed by atoms with Crippen LogP contribution in [0.1, 0.15) is 17.5 Å². The molecule has 0 bridgehead atoms. The van der Waals surface area contributed by atoms with Gasteiger partial charge >= 0.3 is 0 Å². The van der Waals surface area contributed by atoms with Crippen LogP contribution in [0.25, 0.3) is 11.1 Å². The van der Waals surface area contributed by atoms with Crippen LogP contribution in [0.5, 0.6) is 5.75 Å². The van der Waals surface area contributed by atoms with Gasteiger partial charge in [0.05, 0.1) is 5.56 Å². The van der Waals surface area contributed by atoms with Crippen LogP contribution in [-0.2, 0) is 6.42 Å². The maximum absolute atomic E-state index is 15.1. The fourth-order valence-electron chi connectivity index (χ4n) is 3.14. The third-order valence-corrected chi connectivity index (χ3v) is 4.93. The third kappa shape index (κ3) is 3.25. The minimum Gasteiger partial charge on any atom is -0.507 e. The summed E-state index contributed by atoms with van der Waals surface area (Å²) in [6, 6.07) is 13.9. The zero-order valence-corrected chi connectivity index (χ0v) is 14.9. The van der Waals surface area contributed by atoms with Crippen molar-refractivity contribution in [1.29, 1.82) is 0 Å². The Labute approximate surface area is 156 Å². The number of phenols is 1. The zero-order chi connectivity index (χ0) is 18.1. The Morgan fingerprint density at radius 3 is 2.62 bits per heavy atom. The largest absolute Gasteiger partial charge is 0.507 e. The summed E-state index contributed by atoms with van der Waals surface area (Å²) in [6.45, 7) is 2.09. The van der Waals surface area contributed by atoms with E-state index < -0.39 is 5.82 Å². The molecular formula is C21H18ClFN2O. The van der Waals surface area contributed by atoms with E-state index >= 15 is 4.39 Å². The molecule has 3 aromatic rings. The summed E-state index contributed by atoms with van der Waals surface area (Å²) >= 11 is 6.01. The maximum Gasteiger partial charge on any atom is 0.138 e. The zero-order valence-electron chi connectivity index (χ0n) is 14.1. The van der Waals surface area contributed by atoms with E-state index in [9.17, 15) is 5.11 Å². The second-order valence-corrected chi connectivity index (χ2v) is 6.92. The van der Waals surface area contributed by atoms with Crippen LogP contribution in [0, 0.1) is 5.82 Å². The molecule has 0 aliphatic carbocycles. The number of rotatable bonds is 4. The lowest BCUT2D eigenvalue weighted by Gasteiger charge is -2.31. The van der Waals surface area contributed by atoms with Crippen molar-refractivity contribution >= 4 is 17.4 Å². The van der Waals surface area contributed by atoms with E-state index in [-0.39, 0.29) is 11.3 Å². The molecule has 1 aliphatic heterocycles. The Morgan fingerprint density at radius 2 is 1.96 bits per heavy atom. The summed E-state index contributed by atoms with van der Waals surface area (Å²) in [7, 11) is 0. The molecule has 132 valence electrons. The summed E-state index contributed by atoms with van der Waals surface area (Å²) in [5.41, 5.74) is 2.17. The van der Waals surface area contributed by atoms with Crippen molar-refractivity contribution < 1.29 is 9.50 Å². The average Bonchev–Trinajstić information content (AvgIpc) is 2.58. The molecule has 0 radical (unpaired) electrons. The van der Waals surface area contributed by atoms with Gasteiger partial charge in [-0.3, -0.25) is 0 Å². The van der Waals surface area contributed by atoms with Crippen LogP contribution in [0.15, 0.2) is 54.7 Å². The Bertz CT molecular complexity index is 939. The minimum atomic E-state index is -0.431. The van der Waals surface area contributed by atoms with E-state index in [1.54, 1.807) is 36.5 Å². The van der Waals surface area contributed by atoms with E-state index in [0.29, 0.717) is 22.6 Å². The molecule has 3 nitrogen and oxygen atoms in total. The first kappa shape index (κ1) is 16.9. The highest BCUT2D eigenvalue weighted by molar-refractivity contribution is 6.30. The standard InChI is InChI=1S/C21H18ClFN2O/c22-17-4-1-3-15(12-17)20-18(26)7-6-16(21(20)23)11-14-5-8-19(24-13-14)25-9-2-10-25/h1,3-8,12-13,26H,2,9-11H2. The molecule has 0 unspecified atom stereocenters.